The molecule has 19 heavy (non-hydrogen) atoms. The highest BCUT2D eigenvalue weighted by Crippen LogP contribution is 2.32. The molecule has 1 aliphatic rings. The highest BCUT2D eigenvalue weighted by molar-refractivity contribution is 5.85. The Bertz CT molecular complexity index is 323. The molecule has 0 aromatic carbocycles. The average Bonchev–Trinajstić information content (AvgIpc) is 2.74. The van der Waals surface area contributed by atoms with Crippen molar-refractivity contribution in [2.75, 3.05) is 27.2 Å². The van der Waals surface area contributed by atoms with Crippen LogP contribution in [0.25, 0.3) is 0 Å². The quantitative estimate of drug-likeness (QED) is 0.783. The molecule has 1 saturated carbocycles. The summed E-state index contributed by atoms with van der Waals surface area (Å²) in [6.45, 7) is 2.65. The fourth-order valence-corrected chi connectivity index (χ4v) is 2.47. The Hall–Kier alpha value is -1.10. The Kier molecular flexibility index (Phi) is 5.79. The molecule has 0 bridgehead atoms. The van der Waals surface area contributed by atoms with Crippen LogP contribution < -0.4 is 0 Å². The second-order valence-electron chi connectivity index (χ2n) is 5.71. The molecule has 0 atom stereocenters. The van der Waals surface area contributed by atoms with E-state index >= 15 is 0 Å². The Morgan fingerprint density at radius 1 is 1.16 bits per heavy atom. The minimum absolute atomic E-state index is 0.0831. The number of aliphatic hydroxyl groups is 1. The number of hydrogen-bond acceptors (Lipinski definition) is 3. The zero-order chi connectivity index (χ0) is 14.5. The molecule has 110 valence electrons. The van der Waals surface area contributed by atoms with E-state index < -0.39 is 5.60 Å². The molecule has 0 unspecified atom stereocenters. The maximum absolute atomic E-state index is 12.2. The van der Waals surface area contributed by atoms with E-state index in [9.17, 15) is 14.7 Å². The van der Waals surface area contributed by atoms with Gasteiger partial charge in [-0.05, 0) is 19.3 Å². The van der Waals surface area contributed by atoms with Crippen LogP contribution in [0.5, 0.6) is 0 Å². The normalized spacial score (nSPS) is 17.3. The van der Waals surface area contributed by atoms with Crippen LogP contribution in [0.1, 0.15) is 45.4 Å². The van der Waals surface area contributed by atoms with Gasteiger partial charge in [0.05, 0.1) is 18.6 Å². The van der Waals surface area contributed by atoms with Crippen molar-refractivity contribution < 1.29 is 14.7 Å². The molecule has 2 amide bonds. The van der Waals surface area contributed by atoms with Crippen LogP contribution in [0, 0.1) is 0 Å². The van der Waals surface area contributed by atoms with Crippen molar-refractivity contribution in [1.82, 2.24) is 9.80 Å². The van der Waals surface area contributed by atoms with Crippen molar-refractivity contribution in [2.24, 2.45) is 0 Å². The highest BCUT2D eigenvalue weighted by atomic mass is 16.3. The fraction of sp³-hybridized carbons (Fsp3) is 0.857. The van der Waals surface area contributed by atoms with Gasteiger partial charge >= 0.3 is 0 Å². The van der Waals surface area contributed by atoms with Crippen LogP contribution in [0.15, 0.2) is 0 Å². The van der Waals surface area contributed by atoms with Gasteiger partial charge in [-0.1, -0.05) is 19.8 Å². The smallest absolute Gasteiger partial charge is 0.241 e. The molecule has 0 radical (unpaired) electrons. The predicted octanol–water partition coefficient (Wildman–Crippen LogP) is 1.01. The van der Waals surface area contributed by atoms with Crippen molar-refractivity contribution in [3.8, 4) is 0 Å². The van der Waals surface area contributed by atoms with Crippen LogP contribution in [-0.2, 0) is 9.59 Å². The number of carbonyl (C=O) groups is 2. The first-order chi connectivity index (χ1) is 8.88. The topological polar surface area (TPSA) is 60.9 Å². The van der Waals surface area contributed by atoms with E-state index in [0.29, 0.717) is 19.4 Å². The second-order valence-corrected chi connectivity index (χ2v) is 5.71. The van der Waals surface area contributed by atoms with Gasteiger partial charge < -0.3 is 14.9 Å². The SMILES string of the molecule is CCCN(CC(=O)N(C)C)C(=O)CC1(O)CCCC1. The lowest BCUT2D eigenvalue weighted by Gasteiger charge is -2.28. The van der Waals surface area contributed by atoms with E-state index in [-0.39, 0.29) is 24.8 Å². The third-order valence-electron chi connectivity index (χ3n) is 3.69. The standard InChI is InChI=1S/C14H26N2O3/c1-4-9-16(11-13(18)15(2)3)12(17)10-14(19)7-5-6-8-14/h19H,4-11H2,1-3H3. The van der Waals surface area contributed by atoms with E-state index in [1.807, 2.05) is 6.92 Å². The number of likely N-dealkylation sites (N-methyl/N-ethyl adjacent to an activating group) is 1. The van der Waals surface area contributed by atoms with E-state index in [0.717, 1.165) is 19.3 Å². The van der Waals surface area contributed by atoms with E-state index in [2.05, 4.69) is 0 Å². The zero-order valence-corrected chi connectivity index (χ0v) is 12.3. The van der Waals surface area contributed by atoms with Crippen molar-refractivity contribution in [1.29, 1.82) is 0 Å². The van der Waals surface area contributed by atoms with Crippen LogP contribution in [0.4, 0.5) is 0 Å². The Labute approximate surface area is 115 Å². The Balaban J connectivity index is 2.59. The molecule has 0 spiro atoms. The molecular formula is C14H26N2O3. The van der Waals surface area contributed by atoms with Crippen molar-refractivity contribution in [2.45, 2.75) is 51.0 Å². The molecular weight excluding hydrogens is 244 g/mol. The van der Waals surface area contributed by atoms with Gasteiger partial charge in [0.15, 0.2) is 0 Å². The minimum atomic E-state index is -0.843. The summed E-state index contributed by atoms with van der Waals surface area (Å²) in [7, 11) is 3.36. The van der Waals surface area contributed by atoms with E-state index in [4.69, 9.17) is 0 Å². The minimum Gasteiger partial charge on any atom is -0.389 e. The van der Waals surface area contributed by atoms with Gasteiger partial charge in [0.1, 0.15) is 0 Å². The third kappa shape index (κ3) is 4.82. The van der Waals surface area contributed by atoms with Gasteiger partial charge in [-0.25, -0.2) is 0 Å². The summed E-state index contributed by atoms with van der Waals surface area (Å²) in [5, 5.41) is 10.3. The zero-order valence-electron chi connectivity index (χ0n) is 12.3. The summed E-state index contributed by atoms with van der Waals surface area (Å²) in [5.41, 5.74) is -0.843. The lowest BCUT2D eigenvalue weighted by Crippen LogP contribution is -2.43. The van der Waals surface area contributed by atoms with Crippen LogP contribution >= 0.6 is 0 Å². The summed E-state index contributed by atoms with van der Waals surface area (Å²) in [6, 6.07) is 0. The van der Waals surface area contributed by atoms with Crippen molar-refractivity contribution in [3.63, 3.8) is 0 Å². The number of rotatable bonds is 6. The largest absolute Gasteiger partial charge is 0.389 e. The molecule has 0 heterocycles. The predicted molar refractivity (Wildman–Crippen MR) is 73.6 cm³/mol. The summed E-state index contributed by atoms with van der Waals surface area (Å²) < 4.78 is 0. The molecule has 0 saturated heterocycles. The lowest BCUT2D eigenvalue weighted by molar-refractivity contribution is -0.142. The van der Waals surface area contributed by atoms with Crippen molar-refractivity contribution >= 4 is 11.8 Å². The highest BCUT2D eigenvalue weighted by Gasteiger charge is 2.35. The number of carbonyl (C=O) groups excluding carboxylic acids is 2. The van der Waals surface area contributed by atoms with Crippen LogP contribution in [0.3, 0.4) is 0 Å². The average molecular weight is 270 g/mol. The lowest BCUT2D eigenvalue weighted by atomic mass is 9.97. The first kappa shape index (κ1) is 16.0. The molecule has 0 aromatic heterocycles. The van der Waals surface area contributed by atoms with Gasteiger partial charge in [-0.2, -0.15) is 0 Å². The molecule has 1 fully saturated rings. The number of nitrogens with zero attached hydrogens (tertiary/aromatic N) is 2. The van der Waals surface area contributed by atoms with Gasteiger partial charge in [0, 0.05) is 20.6 Å². The van der Waals surface area contributed by atoms with E-state index in [1.54, 1.807) is 19.0 Å². The molecule has 1 rings (SSSR count). The van der Waals surface area contributed by atoms with Gasteiger partial charge in [-0.3, -0.25) is 9.59 Å². The summed E-state index contributed by atoms with van der Waals surface area (Å²) in [4.78, 5) is 27.0. The first-order valence-electron chi connectivity index (χ1n) is 7.08. The summed E-state index contributed by atoms with van der Waals surface area (Å²) >= 11 is 0. The maximum Gasteiger partial charge on any atom is 0.241 e. The molecule has 1 aliphatic carbocycles. The summed E-state index contributed by atoms with van der Waals surface area (Å²) in [5.74, 6) is -0.193. The number of hydrogen-bond donors (Lipinski definition) is 1. The summed E-state index contributed by atoms with van der Waals surface area (Å²) in [6.07, 6.45) is 4.31. The van der Waals surface area contributed by atoms with Crippen LogP contribution in [-0.4, -0.2) is 59.5 Å². The first-order valence-corrected chi connectivity index (χ1v) is 7.08. The number of amides is 2. The van der Waals surface area contributed by atoms with Crippen molar-refractivity contribution in [3.05, 3.63) is 0 Å². The molecule has 1 N–H and O–H groups in total. The van der Waals surface area contributed by atoms with E-state index in [1.165, 1.54) is 4.90 Å². The Morgan fingerprint density at radius 3 is 2.21 bits per heavy atom. The maximum atomic E-state index is 12.2. The molecule has 5 heteroatoms. The second kappa shape index (κ2) is 6.89. The fourth-order valence-electron chi connectivity index (χ4n) is 2.47. The van der Waals surface area contributed by atoms with Gasteiger partial charge in [0.2, 0.25) is 11.8 Å². The van der Waals surface area contributed by atoms with Crippen LogP contribution in [0.2, 0.25) is 0 Å². The monoisotopic (exact) mass is 270 g/mol. The van der Waals surface area contributed by atoms with Gasteiger partial charge in [-0.15, -0.1) is 0 Å². The third-order valence-corrected chi connectivity index (χ3v) is 3.69. The van der Waals surface area contributed by atoms with Gasteiger partial charge in [0.25, 0.3) is 0 Å². The molecule has 0 aliphatic heterocycles. The molecule has 5 nitrogen and oxygen atoms in total. The Morgan fingerprint density at radius 2 is 1.74 bits per heavy atom. The molecule has 0 aromatic rings.